The van der Waals surface area contributed by atoms with Gasteiger partial charge in [0.25, 0.3) is 5.92 Å². The Balaban J connectivity index is 1.44. The third-order valence-corrected chi connectivity index (χ3v) is 9.33. The van der Waals surface area contributed by atoms with Gasteiger partial charge in [-0.2, -0.15) is 13.2 Å². The van der Waals surface area contributed by atoms with Crippen molar-refractivity contribution < 1.29 is 45.0 Å². The van der Waals surface area contributed by atoms with Gasteiger partial charge in [0, 0.05) is 48.8 Å². The van der Waals surface area contributed by atoms with Gasteiger partial charge in [-0.25, -0.2) is 23.5 Å². The standard InChI is InChI=1S/C25H25F5N6O5S2/c1-41-22(38)18(9-14-8-13-2-5-32-20(31)15(13)10-16(14)25(28,29)30)35-6-3-17(21(35)37)36(43(39)40)19-11-33-23(42-19)34-7-4-24(26,27)12-34/h2,5,8,10-11,17-18H,3-4,6-7,9,12H2,1H3,(H2,31,32)(H,39,40)/p-1/t17-,18+/m0/s1. The minimum absolute atomic E-state index is 0.00908. The van der Waals surface area contributed by atoms with Crippen LogP contribution in [0.2, 0.25) is 0 Å². The van der Waals surface area contributed by atoms with Crippen LogP contribution in [0.3, 0.4) is 0 Å². The number of rotatable bonds is 8. The van der Waals surface area contributed by atoms with E-state index in [1.54, 1.807) is 0 Å². The number of alkyl halides is 5. The van der Waals surface area contributed by atoms with Crippen molar-refractivity contribution >= 4 is 61.2 Å². The van der Waals surface area contributed by atoms with Gasteiger partial charge in [-0.15, -0.1) is 0 Å². The van der Waals surface area contributed by atoms with Crippen LogP contribution in [0.5, 0.6) is 0 Å². The molecule has 1 unspecified atom stereocenters. The summed E-state index contributed by atoms with van der Waals surface area (Å²) in [6, 6.07) is 0.613. The van der Waals surface area contributed by atoms with Crippen molar-refractivity contribution in [1.82, 2.24) is 14.9 Å². The average molecular weight is 648 g/mol. The second kappa shape index (κ2) is 11.5. The van der Waals surface area contributed by atoms with Crippen LogP contribution >= 0.6 is 11.3 Å². The minimum atomic E-state index is -4.84. The molecule has 1 aromatic carbocycles. The number of hydrogen-bond donors (Lipinski definition) is 1. The van der Waals surface area contributed by atoms with Crippen LogP contribution in [0, 0.1) is 0 Å². The zero-order valence-corrected chi connectivity index (χ0v) is 24.0. The zero-order chi connectivity index (χ0) is 31.3. The smallest absolute Gasteiger partial charge is 0.416 e. The van der Waals surface area contributed by atoms with E-state index in [4.69, 9.17) is 10.5 Å². The van der Waals surface area contributed by atoms with Gasteiger partial charge in [0.05, 0.1) is 25.4 Å². The zero-order valence-electron chi connectivity index (χ0n) is 22.3. The minimum Gasteiger partial charge on any atom is -0.755 e. The number of halogens is 5. The molecule has 1 amide bonds. The number of nitrogen functional groups attached to an aromatic ring is 1. The van der Waals surface area contributed by atoms with Crippen LogP contribution in [0.1, 0.15) is 24.0 Å². The quantitative estimate of drug-likeness (QED) is 0.222. The molecule has 0 aliphatic carbocycles. The molecule has 18 heteroatoms. The normalized spacial score (nSPS) is 20.1. The lowest BCUT2D eigenvalue weighted by Crippen LogP contribution is -2.49. The molecule has 2 aliphatic heterocycles. The van der Waals surface area contributed by atoms with E-state index in [2.05, 4.69) is 9.97 Å². The molecule has 0 saturated carbocycles. The predicted octanol–water partition coefficient (Wildman–Crippen LogP) is 3.12. The van der Waals surface area contributed by atoms with Gasteiger partial charge in [-0.3, -0.25) is 13.3 Å². The molecule has 0 radical (unpaired) electrons. The van der Waals surface area contributed by atoms with Gasteiger partial charge in [0.1, 0.15) is 22.9 Å². The van der Waals surface area contributed by atoms with Crippen LogP contribution in [0.4, 0.5) is 37.9 Å². The molecule has 2 saturated heterocycles. The summed E-state index contributed by atoms with van der Waals surface area (Å²) < 4.78 is 99.9. The molecular weight excluding hydrogens is 623 g/mol. The van der Waals surface area contributed by atoms with Gasteiger partial charge in [-0.1, -0.05) is 17.4 Å². The number of likely N-dealkylation sites (tertiary alicyclic amines) is 1. The number of ether oxygens (including phenoxy) is 1. The first-order valence-corrected chi connectivity index (χ1v) is 14.6. The largest absolute Gasteiger partial charge is 0.755 e. The Kier molecular flexibility index (Phi) is 8.21. The molecule has 2 fully saturated rings. The van der Waals surface area contributed by atoms with E-state index in [1.165, 1.54) is 23.2 Å². The number of hydrogen-bond acceptors (Lipinski definition) is 10. The molecular formula is C25H24F5N6O5S2-. The first-order valence-electron chi connectivity index (χ1n) is 12.8. The van der Waals surface area contributed by atoms with Crippen molar-refractivity contribution in [3.8, 4) is 0 Å². The van der Waals surface area contributed by atoms with Crippen LogP contribution in [0.15, 0.2) is 30.6 Å². The number of nitrogens with zero attached hydrogens (tertiary/aromatic N) is 5. The summed E-state index contributed by atoms with van der Waals surface area (Å²) in [4.78, 5) is 36.6. The number of methoxy groups -OCH3 is 1. The SMILES string of the molecule is COC(=O)[C@@H](Cc1cc2ccnc(N)c2cc1C(F)(F)F)N1CC[C@H](N(c2cnc(N3CCC(F)(F)C3)s2)S(=O)[O-])C1=O. The van der Waals surface area contributed by atoms with Gasteiger partial charge in [-0.05, 0) is 29.5 Å². The molecule has 3 atom stereocenters. The summed E-state index contributed by atoms with van der Waals surface area (Å²) in [5, 5.41) is 0.507. The summed E-state index contributed by atoms with van der Waals surface area (Å²) in [7, 11) is 1.02. The fraction of sp³-hybridized carbons (Fsp3) is 0.440. The third kappa shape index (κ3) is 6.08. The van der Waals surface area contributed by atoms with Gasteiger partial charge in [0.15, 0.2) is 5.13 Å². The number of esters is 1. The molecule has 11 nitrogen and oxygen atoms in total. The second-order valence-electron chi connectivity index (χ2n) is 10.1. The van der Waals surface area contributed by atoms with Crippen LogP contribution in [-0.2, 0) is 38.2 Å². The third-order valence-electron chi connectivity index (χ3n) is 7.38. The van der Waals surface area contributed by atoms with Crippen molar-refractivity contribution in [2.45, 2.75) is 43.4 Å². The molecule has 0 spiro atoms. The van der Waals surface area contributed by atoms with Crippen molar-refractivity contribution in [2.24, 2.45) is 0 Å². The average Bonchev–Trinajstić information content (AvgIpc) is 3.65. The lowest BCUT2D eigenvalue weighted by Gasteiger charge is -2.31. The Labute approximate surface area is 247 Å². The first kappa shape index (κ1) is 30.8. The molecule has 43 heavy (non-hydrogen) atoms. The maximum Gasteiger partial charge on any atom is 0.416 e. The van der Waals surface area contributed by atoms with Gasteiger partial charge >= 0.3 is 12.1 Å². The van der Waals surface area contributed by atoms with E-state index in [9.17, 15) is 40.3 Å². The maximum atomic E-state index is 14.1. The molecule has 2 N–H and O–H groups in total. The van der Waals surface area contributed by atoms with E-state index in [-0.39, 0.29) is 52.8 Å². The number of carbonyl (C=O) groups is 2. The van der Waals surface area contributed by atoms with E-state index < -0.39 is 65.9 Å². The summed E-state index contributed by atoms with van der Waals surface area (Å²) in [5.74, 6) is -4.88. The number of pyridine rings is 1. The van der Waals surface area contributed by atoms with E-state index in [0.29, 0.717) is 5.39 Å². The molecule has 3 aromatic rings. The Morgan fingerprint density at radius 1 is 1.33 bits per heavy atom. The Morgan fingerprint density at radius 2 is 2.07 bits per heavy atom. The fourth-order valence-electron chi connectivity index (χ4n) is 5.34. The van der Waals surface area contributed by atoms with Crippen LogP contribution < -0.4 is 14.9 Å². The number of amides is 1. The number of nitrogens with two attached hydrogens (primary N) is 1. The lowest BCUT2D eigenvalue weighted by molar-refractivity contribution is -0.151. The lowest BCUT2D eigenvalue weighted by atomic mass is 9.95. The highest BCUT2D eigenvalue weighted by atomic mass is 32.2. The Morgan fingerprint density at radius 3 is 2.70 bits per heavy atom. The van der Waals surface area contributed by atoms with Crippen molar-refractivity contribution in [3.63, 3.8) is 0 Å². The fourth-order valence-corrected chi connectivity index (χ4v) is 7.13. The van der Waals surface area contributed by atoms with E-state index in [1.807, 2.05) is 0 Å². The molecule has 0 bridgehead atoms. The number of thiazole rings is 1. The van der Waals surface area contributed by atoms with Gasteiger partial charge in [0.2, 0.25) is 5.91 Å². The maximum absolute atomic E-state index is 14.1. The number of aromatic nitrogens is 2. The van der Waals surface area contributed by atoms with E-state index >= 15 is 0 Å². The topological polar surface area (TPSA) is 145 Å². The summed E-state index contributed by atoms with van der Waals surface area (Å²) in [6.45, 7) is -0.753. The second-order valence-corrected chi connectivity index (χ2v) is 11.9. The molecule has 2 aliphatic rings. The molecule has 5 rings (SSSR count). The van der Waals surface area contributed by atoms with Crippen LogP contribution in [-0.4, -0.2) is 80.3 Å². The van der Waals surface area contributed by atoms with Crippen LogP contribution in [0.25, 0.3) is 10.8 Å². The monoisotopic (exact) mass is 647 g/mol. The van der Waals surface area contributed by atoms with Crippen molar-refractivity contribution in [3.05, 3.63) is 41.7 Å². The highest BCUT2D eigenvalue weighted by Crippen LogP contribution is 2.39. The highest BCUT2D eigenvalue weighted by molar-refractivity contribution is 7.81. The predicted molar refractivity (Wildman–Crippen MR) is 146 cm³/mol. The molecule has 232 valence electrons. The number of benzene rings is 1. The number of anilines is 3. The highest BCUT2D eigenvalue weighted by Gasteiger charge is 2.45. The number of fused-ring (bicyclic) bond motifs is 1. The number of carbonyl (C=O) groups excluding carboxylic acids is 2. The van der Waals surface area contributed by atoms with Crippen molar-refractivity contribution in [1.29, 1.82) is 0 Å². The summed E-state index contributed by atoms with van der Waals surface area (Å²) in [6.07, 6.45) is -3.47. The van der Waals surface area contributed by atoms with Crippen molar-refractivity contribution in [2.75, 3.05) is 41.7 Å². The molecule has 4 heterocycles. The Hall–Kier alpha value is -3.64. The Bertz CT molecular complexity index is 1590. The summed E-state index contributed by atoms with van der Waals surface area (Å²) >= 11 is -2.23. The van der Waals surface area contributed by atoms with Gasteiger partial charge < -0.3 is 24.8 Å². The first-order chi connectivity index (χ1) is 20.2. The molecule has 2 aromatic heterocycles. The summed E-state index contributed by atoms with van der Waals surface area (Å²) in [5.41, 5.74) is 4.38. The van der Waals surface area contributed by atoms with E-state index in [0.717, 1.165) is 39.9 Å².